The standard InChI is InChI=1S/C13H17N5/c1-9(2)8-17(3)12-7-6-11-14-15-13(10-4-5-10)18(11)16-12/h6-7,10H,1,4-5,8H2,2-3H3. The lowest BCUT2D eigenvalue weighted by Gasteiger charge is -2.17. The van der Waals surface area contributed by atoms with Crippen LogP contribution in [0.4, 0.5) is 5.82 Å². The zero-order valence-electron chi connectivity index (χ0n) is 10.8. The first-order chi connectivity index (χ1) is 8.65. The lowest BCUT2D eigenvalue weighted by Crippen LogP contribution is -2.21. The second-order valence-electron chi connectivity index (χ2n) is 5.11. The minimum atomic E-state index is 0.550. The molecule has 1 saturated carbocycles. The Labute approximate surface area is 106 Å². The quantitative estimate of drug-likeness (QED) is 0.771. The molecule has 0 amide bonds. The minimum absolute atomic E-state index is 0.550. The number of hydrogen-bond acceptors (Lipinski definition) is 4. The Bertz CT molecular complexity index is 596. The van der Waals surface area contributed by atoms with Gasteiger partial charge in [-0.25, -0.2) is 0 Å². The number of rotatable bonds is 4. The van der Waals surface area contributed by atoms with E-state index < -0.39 is 0 Å². The Morgan fingerprint density at radius 2 is 2.22 bits per heavy atom. The summed E-state index contributed by atoms with van der Waals surface area (Å²) >= 11 is 0. The smallest absolute Gasteiger partial charge is 0.178 e. The van der Waals surface area contributed by atoms with Gasteiger partial charge in [-0.15, -0.1) is 15.3 Å². The van der Waals surface area contributed by atoms with Crippen LogP contribution in [0.1, 0.15) is 31.5 Å². The molecule has 0 bridgehead atoms. The number of anilines is 1. The molecule has 3 rings (SSSR count). The fourth-order valence-corrected chi connectivity index (χ4v) is 2.08. The first-order valence-corrected chi connectivity index (χ1v) is 6.23. The van der Waals surface area contributed by atoms with Crippen molar-refractivity contribution < 1.29 is 0 Å². The summed E-state index contributed by atoms with van der Waals surface area (Å²) in [5.41, 5.74) is 1.94. The van der Waals surface area contributed by atoms with E-state index in [-0.39, 0.29) is 0 Å². The fourth-order valence-electron chi connectivity index (χ4n) is 2.08. The van der Waals surface area contributed by atoms with E-state index in [9.17, 15) is 0 Å². The Hall–Kier alpha value is -1.91. The molecular formula is C13H17N5. The average Bonchev–Trinajstić information content (AvgIpc) is 3.08. The van der Waals surface area contributed by atoms with E-state index in [1.165, 1.54) is 12.8 Å². The van der Waals surface area contributed by atoms with Crippen molar-refractivity contribution in [3.63, 3.8) is 0 Å². The third-order valence-corrected chi connectivity index (χ3v) is 3.11. The minimum Gasteiger partial charge on any atom is -0.354 e. The molecule has 0 spiro atoms. The molecule has 0 radical (unpaired) electrons. The van der Waals surface area contributed by atoms with Crippen molar-refractivity contribution in [3.8, 4) is 0 Å². The van der Waals surface area contributed by atoms with Crippen molar-refractivity contribution >= 4 is 11.5 Å². The Kier molecular flexibility index (Phi) is 2.54. The lowest BCUT2D eigenvalue weighted by molar-refractivity contribution is 0.797. The predicted octanol–water partition coefficient (Wildman–Crippen LogP) is 2.01. The number of hydrogen-bond donors (Lipinski definition) is 0. The summed E-state index contributed by atoms with van der Waals surface area (Å²) in [5, 5.41) is 13.0. The molecule has 0 unspecified atom stereocenters. The van der Waals surface area contributed by atoms with Crippen LogP contribution in [0.25, 0.3) is 5.65 Å². The molecular weight excluding hydrogens is 226 g/mol. The van der Waals surface area contributed by atoms with Gasteiger partial charge in [0.1, 0.15) is 5.82 Å². The molecule has 1 aliphatic rings. The van der Waals surface area contributed by atoms with Crippen LogP contribution < -0.4 is 4.90 Å². The van der Waals surface area contributed by atoms with Crippen molar-refractivity contribution in [3.05, 3.63) is 30.1 Å². The van der Waals surface area contributed by atoms with Crippen LogP contribution in [0, 0.1) is 0 Å². The van der Waals surface area contributed by atoms with Gasteiger partial charge in [0.2, 0.25) is 0 Å². The first-order valence-electron chi connectivity index (χ1n) is 6.23. The highest BCUT2D eigenvalue weighted by molar-refractivity contribution is 5.46. The molecule has 0 aliphatic heterocycles. The third-order valence-electron chi connectivity index (χ3n) is 3.11. The van der Waals surface area contributed by atoms with Crippen LogP contribution in [0.2, 0.25) is 0 Å². The SMILES string of the molecule is C=C(C)CN(C)c1ccc2nnc(C3CC3)n2n1. The van der Waals surface area contributed by atoms with Gasteiger partial charge in [-0.2, -0.15) is 4.52 Å². The highest BCUT2D eigenvalue weighted by Crippen LogP contribution is 2.38. The maximum Gasteiger partial charge on any atom is 0.178 e. The second-order valence-corrected chi connectivity index (χ2v) is 5.11. The maximum atomic E-state index is 4.63. The van der Waals surface area contributed by atoms with Gasteiger partial charge < -0.3 is 4.90 Å². The molecule has 18 heavy (non-hydrogen) atoms. The Morgan fingerprint density at radius 1 is 1.44 bits per heavy atom. The summed E-state index contributed by atoms with van der Waals surface area (Å²) in [7, 11) is 2.02. The van der Waals surface area contributed by atoms with E-state index >= 15 is 0 Å². The summed E-state index contributed by atoms with van der Waals surface area (Å²) in [5.74, 6) is 2.47. The predicted molar refractivity (Wildman–Crippen MR) is 70.8 cm³/mol. The third kappa shape index (κ3) is 1.96. The first kappa shape index (κ1) is 11.2. The molecule has 0 aromatic carbocycles. The second kappa shape index (κ2) is 4.08. The van der Waals surface area contributed by atoms with Crippen LogP contribution in [0.5, 0.6) is 0 Å². The zero-order valence-corrected chi connectivity index (χ0v) is 10.8. The molecule has 0 N–H and O–H groups in total. The van der Waals surface area contributed by atoms with Crippen LogP contribution in [-0.2, 0) is 0 Å². The Balaban J connectivity index is 1.98. The highest BCUT2D eigenvalue weighted by atomic mass is 15.4. The van der Waals surface area contributed by atoms with Gasteiger partial charge >= 0.3 is 0 Å². The van der Waals surface area contributed by atoms with Crippen molar-refractivity contribution in [1.29, 1.82) is 0 Å². The zero-order chi connectivity index (χ0) is 12.7. The molecule has 0 saturated heterocycles. The Morgan fingerprint density at radius 3 is 2.89 bits per heavy atom. The number of nitrogens with zero attached hydrogens (tertiary/aromatic N) is 5. The number of aromatic nitrogens is 4. The highest BCUT2D eigenvalue weighted by Gasteiger charge is 2.29. The van der Waals surface area contributed by atoms with E-state index in [0.29, 0.717) is 5.92 Å². The maximum absolute atomic E-state index is 4.63. The molecule has 2 aromatic heterocycles. The van der Waals surface area contributed by atoms with E-state index in [1.54, 1.807) is 0 Å². The van der Waals surface area contributed by atoms with Gasteiger partial charge in [-0.1, -0.05) is 12.2 Å². The summed E-state index contributed by atoms with van der Waals surface area (Å²) in [6.07, 6.45) is 2.41. The van der Waals surface area contributed by atoms with E-state index in [0.717, 1.165) is 29.4 Å². The summed E-state index contributed by atoms with van der Waals surface area (Å²) in [4.78, 5) is 2.08. The summed E-state index contributed by atoms with van der Waals surface area (Å²) in [6, 6.07) is 3.94. The summed E-state index contributed by atoms with van der Waals surface area (Å²) in [6.45, 7) is 6.75. The van der Waals surface area contributed by atoms with E-state index in [4.69, 9.17) is 0 Å². The summed E-state index contributed by atoms with van der Waals surface area (Å²) < 4.78 is 1.88. The molecule has 0 atom stereocenters. The van der Waals surface area contributed by atoms with Crippen molar-refractivity contribution in [2.24, 2.45) is 0 Å². The molecule has 94 valence electrons. The van der Waals surface area contributed by atoms with Crippen LogP contribution in [0.15, 0.2) is 24.3 Å². The van der Waals surface area contributed by atoms with Gasteiger partial charge in [0.15, 0.2) is 11.5 Å². The van der Waals surface area contributed by atoms with Gasteiger partial charge in [-0.3, -0.25) is 0 Å². The van der Waals surface area contributed by atoms with Gasteiger partial charge in [0, 0.05) is 19.5 Å². The van der Waals surface area contributed by atoms with E-state index in [1.807, 2.05) is 30.6 Å². The topological polar surface area (TPSA) is 46.3 Å². The van der Waals surface area contributed by atoms with E-state index in [2.05, 4.69) is 26.8 Å². The lowest BCUT2D eigenvalue weighted by atomic mass is 10.3. The average molecular weight is 243 g/mol. The van der Waals surface area contributed by atoms with Crippen LogP contribution in [-0.4, -0.2) is 33.4 Å². The van der Waals surface area contributed by atoms with Gasteiger partial charge in [0.05, 0.1) is 0 Å². The number of likely N-dealkylation sites (N-methyl/N-ethyl adjacent to an activating group) is 1. The molecule has 1 fully saturated rings. The monoisotopic (exact) mass is 243 g/mol. The normalized spacial score (nSPS) is 15.0. The molecule has 5 heteroatoms. The van der Waals surface area contributed by atoms with Crippen LogP contribution in [0.3, 0.4) is 0 Å². The van der Waals surface area contributed by atoms with Gasteiger partial charge in [-0.05, 0) is 31.9 Å². The fraction of sp³-hybridized carbons (Fsp3) is 0.462. The van der Waals surface area contributed by atoms with Crippen molar-refractivity contribution in [1.82, 2.24) is 19.8 Å². The van der Waals surface area contributed by atoms with Crippen molar-refractivity contribution in [2.75, 3.05) is 18.5 Å². The molecule has 5 nitrogen and oxygen atoms in total. The van der Waals surface area contributed by atoms with Crippen LogP contribution >= 0.6 is 0 Å². The van der Waals surface area contributed by atoms with Crippen molar-refractivity contribution in [2.45, 2.75) is 25.7 Å². The molecule has 1 aliphatic carbocycles. The largest absolute Gasteiger partial charge is 0.354 e. The number of fused-ring (bicyclic) bond motifs is 1. The van der Waals surface area contributed by atoms with Gasteiger partial charge in [0.25, 0.3) is 0 Å². The molecule has 2 aromatic rings. The molecule has 2 heterocycles.